The summed E-state index contributed by atoms with van der Waals surface area (Å²) in [4.78, 5) is 2.42. The van der Waals surface area contributed by atoms with Gasteiger partial charge in [0.1, 0.15) is 11.5 Å². The number of hydrogen-bond acceptors (Lipinski definition) is 2. The smallest absolute Gasteiger partial charge is 0.140 e. The Kier molecular flexibility index (Phi) is 7.26. The molecule has 0 unspecified atom stereocenters. The van der Waals surface area contributed by atoms with Crippen LogP contribution in [0.15, 0.2) is 224 Å². The van der Waals surface area contributed by atoms with Crippen molar-refractivity contribution in [2.45, 2.75) is 5.41 Å². The maximum atomic E-state index is 7.15. The van der Waals surface area contributed by atoms with Crippen LogP contribution >= 0.6 is 0 Å². The zero-order valence-electron chi connectivity index (χ0n) is 33.2. The Morgan fingerprint density at radius 3 is 1.34 bits per heavy atom. The van der Waals surface area contributed by atoms with E-state index in [-0.39, 0.29) is 0 Å². The average molecular weight is 776 g/mol. The summed E-state index contributed by atoms with van der Waals surface area (Å²) in [5.41, 5.74) is 12.6. The lowest BCUT2D eigenvalue weighted by Crippen LogP contribution is -2.32. The summed E-state index contributed by atoms with van der Waals surface area (Å²) >= 11 is 0. The van der Waals surface area contributed by atoms with Crippen LogP contribution in [-0.2, 0) is 5.41 Å². The first-order chi connectivity index (χ1) is 30.3. The van der Waals surface area contributed by atoms with Gasteiger partial charge in [0.2, 0.25) is 0 Å². The minimum absolute atomic E-state index is 0.567. The van der Waals surface area contributed by atoms with Gasteiger partial charge in [-0.3, -0.25) is 0 Å². The van der Waals surface area contributed by atoms with Crippen molar-refractivity contribution in [3.8, 4) is 33.8 Å². The van der Waals surface area contributed by atoms with Gasteiger partial charge < -0.3 is 9.64 Å². The summed E-state index contributed by atoms with van der Waals surface area (Å²) in [6.07, 6.45) is 0. The molecule has 0 saturated heterocycles. The molecular weight excluding hydrogens is 739 g/mol. The lowest BCUT2D eigenvalue weighted by molar-refractivity contribution is 0.447. The Morgan fingerprint density at radius 1 is 0.311 bits per heavy atom. The van der Waals surface area contributed by atoms with Crippen LogP contribution in [0.25, 0.3) is 65.3 Å². The number of rotatable bonds is 4. The molecule has 0 bridgehead atoms. The summed E-state index contributed by atoms with van der Waals surface area (Å²) in [6.45, 7) is 0. The minimum atomic E-state index is -0.567. The molecule has 0 fully saturated rings. The molecule has 0 amide bonds. The predicted molar refractivity (Wildman–Crippen MR) is 254 cm³/mol. The predicted octanol–water partition coefficient (Wildman–Crippen LogP) is 15.9. The van der Waals surface area contributed by atoms with Gasteiger partial charge in [-0.25, -0.2) is 0 Å². The molecule has 13 rings (SSSR count). The van der Waals surface area contributed by atoms with Crippen LogP contribution in [-0.4, -0.2) is 0 Å². The molecule has 0 atom stereocenters. The minimum Gasteiger partial charge on any atom is -0.455 e. The van der Waals surface area contributed by atoms with Crippen molar-refractivity contribution >= 4 is 60.2 Å². The standard InChI is InChI=1S/C59H37NO/c1-5-19-45-39(13-1)17-11-25-55(45)60(56-26-12-18-40-14-2-6-20-46(40)56)44-32-27-38(28-33-44)43-31-34-52-50(37-43)49-23-9-10-24-51(49)59(52)53-35-29-41-15-3-7-21-47(41)57(53)61-58-48-22-8-4-16-42(48)30-36-54(58)59/h1-37H. The lowest BCUT2D eigenvalue weighted by Gasteiger charge is -2.40. The van der Waals surface area contributed by atoms with Gasteiger partial charge >= 0.3 is 0 Å². The Balaban J connectivity index is 0.998. The molecule has 11 aromatic rings. The quantitative estimate of drug-likeness (QED) is 0.177. The van der Waals surface area contributed by atoms with Gasteiger partial charge in [0.15, 0.2) is 0 Å². The fourth-order valence-corrected chi connectivity index (χ4v) is 10.6. The van der Waals surface area contributed by atoms with Gasteiger partial charge in [0.05, 0.1) is 16.8 Å². The normalized spacial score (nSPS) is 13.2. The van der Waals surface area contributed by atoms with Crippen molar-refractivity contribution in [3.05, 3.63) is 247 Å². The topological polar surface area (TPSA) is 12.5 Å². The van der Waals surface area contributed by atoms with Crippen LogP contribution in [0.2, 0.25) is 0 Å². The molecule has 0 aromatic heterocycles. The van der Waals surface area contributed by atoms with E-state index in [1.165, 1.54) is 76.8 Å². The lowest BCUT2D eigenvalue weighted by atomic mass is 9.65. The second kappa shape index (κ2) is 13.0. The monoisotopic (exact) mass is 775 g/mol. The summed E-state index contributed by atoms with van der Waals surface area (Å²) in [6, 6.07) is 82.2. The van der Waals surface area contributed by atoms with Crippen LogP contribution in [0.5, 0.6) is 11.5 Å². The van der Waals surface area contributed by atoms with E-state index in [2.05, 4.69) is 229 Å². The van der Waals surface area contributed by atoms with Gasteiger partial charge in [-0.1, -0.05) is 194 Å². The zero-order valence-corrected chi connectivity index (χ0v) is 33.2. The first kappa shape index (κ1) is 34.0. The fourth-order valence-electron chi connectivity index (χ4n) is 10.6. The van der Waals surface area contributed by atoms with Crippen molar-refractivity contribution in [2.24, 2.45) is 0 Å². The second-order valence-corrected chi connectivity index (χ2v) is 16.4. The van der Waals surface area contributed by atoms with E-state index in [1.807, 2.05) is 0 Å². The Bertz CT molecular complexity index is 3410. The average Bonchev–Trinajstić information content (AvgIpc) is 3.61. The van der Waals surface area contributed by atoms with E-state index in [1.54, 1.807) is 0 Å². The van der Waals surface area contributed by atoms with Crippen molar-refractivity contribution in [2.75, 3.05) is 4.90 Å². The molecule has 2 aliphatic rings. The molecular formula is C59H37NO. The van der Waals surface area contributed by atoms with E-state index in [0.29, 0.717) is 0 Å². The van der Waals surface area contributed by atoms with Crippen molar-refractivity contribution in [1.82, 2.24) is 0 Å². The summed E-state index contributed by atoms with van der Waals surface area (Å²) < 4.78 is 7.15. The van der Waals surface area contributed by atoms with E-state index in [4.69, 9.17) is 4.74 Å². The van der Waals surface area contributed by atoms with Gasteiger partial charge in [0.25, 0.3) is 0 Å². The third-order valence-electron chi connectivity index (χ3n) is 13.3. The molecule has 1 spiro atoms. The Morgan fingerprint density at radius 2 is 0.754 bits per heavy atom. The molecule has 11 aromatic carbocycles. The second-order valence-electron chi connectivity index (χ2n) is 16.4. The first-order valence-electron chi connectivity index (χ1n) is 21.1. The number of anilines is 3. The van der Waals surface area contributed by atoms with Crippen molar-refractivity contribution in [1.29, 1.82) is 0 Å². The van der Waals surface area contributed by atoms with E-state index in [0.717, 1.165) is 39.3 Å². The highest BCUT2D eigenvalue weighted by atomic mass is 16.5. The number of benzene rings is 11. The molecule has 2 nitrogen and oxygen atoms in total. The maximum absolute atomic E-state index is 7.15. The molecule has 284 valence electrons. The summed E-state index contributed by atoms with van der Waals surface area (Å²) in [7, 11) is 0. The first-order valence-corrected chi connectivity index (χ1v) is 21.1. The number of ether oxygens (including phenoxy) is 1. The molecule has 61 heavy (non-hydrogen) atoms. The van der Waals surface area contributed by atoms with E-state index >= 15 is 0 Å². The largest absolute Gasteiger partial charge is 0.455 e. The Labute approximate surface area is 354 Å². The number of hydrogen-bond donors (Lipinski definition) is 0. The fraction of sp³-hybridized carbons (Fsp3) is 0.0169. The molecule has 1 aliphatic heterocycles. The molecule has 1 heterocycles. The maximum Gasteiger partial charge on any atom is 0.140 e. The summed E-state index contributed by atoms with van der Waals surface area (Å²) in [5.74, 6) is 1.87. The van der Waals surface area contributed by atoms with Crippen LogP contribution in [0.3, 0.4) is 0 Å². The molecule has 0 radical (unpaired) electrons. The molecule has 1 aliphatic carbocycles. The van der Waals surface area contributed by atoms with Crippen LogP contribution < -0.4 is 9.64 Å². The van der Waals surface area contributed by atoms with Crippen LogP contribution in [0, 0.1) is 0 Å². The van der Waals surface area contributed by atoms with Gasteiger partial charge in [0, 0.05) is 38.4 Å². The number of nitrogens with zero attached hydrogens (tertiary/aromatic N) is 1. The Hall–Kier alpha value is -7.94. The number of fused-ring (bicyclic) bond motifs is 15. The van der Waals surface area contributed by atoms with Gasteiger partial charge in [-0.15, -0.1) is 0 Å². The third-order valence-corrected chi connectivity index (χ3v) is 13.3. The zero-order chi connectivity index (χ0) is 40.1. The van der Waals surface area contributed by atoms with Gasteiger partial charge in [-0.2, -0.15) is 0 Å². The highest BCUT2D eigenvalue weighted by Crippen LogP contribution is 2.64. The van der Waals surface area contributed by atoms with Crippen molar-refractivity contribution in [3.63, 3.8) is 0 Å². The molecule has 0 saturated carbocycles. The van der Waals surface area contributed by atoms with Crippen molar-refractivity contribution < 1.29 is 4.74 Å². The van der Waals surface area contributed by atoms with Crippen LogP contribution in [0.4, 0.5) is 17.1 Å². The van der Waals surface area contributed by atoms with Crippen LogP contribution in [0.1, 0.15) is 22.3 Å². The third kappa shape index (κ3) is 4.85. The van der Waals surface area contributed by atoms with E-state index in [9.17, 15) is 0 Å². The highest BCUT2D eigenvalue weighted by molar-refractivity contribution is 6.05. The highest BCUT2D eigenvalue weighted by Gasteiger charge is 2.51. The summed E-state index contributed by atoms with van der Waals surface area (Å²) in [5, 5.41) is 9.46. The van der Waals surface area contributed by atoms with Gasteiger partial charge in [-0.05, 0) is 85.3 Å². The SMILES string of the molecule is c1ccc2c(c1)-c1cc(-c3ccc(N(c4cccc5ccccc45)c4cccc5ccccc45)cc3)ccc1C21c2ccc3ccccc3c2Oc2c1ccc1ccccc21. The molecule has 2 heteroatoms. The van der Waals surface area contributed by atoms with E-state index < -0.39 is 5.41 Å². The molecule has 0 N–H and O–H groups in total.